The van der Waals surface area contributed by atoms with Crippen molar-refractivity contribution in [3.05, 3.63) is 59.9 Å². The van der Waals surface area contributed by atoms with Gasteiger partial charge in [0.05, 0.1) is 17.6 Å². The number of rotatable bonds is 4. The third-order valence-corrected chi connectivity index (χ3v) is 5.08. The molecule has 2 heterocycles. The SMILES string of the molecule is CC(C)(C)OC(=O)N1CC[C@@H](Nc2nc3ccccc3n2Cc2ccc(F)cc2)C1. The third-order valence-electron chi connectivity index (χ3n) is 5.08. The number of nitrogens with one attached hydrogen (secondary N) is 1. The first-order valence-electron chi connectivity index (χ1n) is 10.2. The highest BCUT2D eigenvalue weighted by Crippen LogP contribution is 2.24. The molecule has 3 aromatic rings. The van der Waals surface area contributed by atoms with Gasteiger partial charge in [-0.1, -0.05) is 24.3 Å². The molecule has 0 aliphatic carbocycles. The van der Waals surface area contributed by atoms with Gasteiger partial charge >= 0.3 is 6.09 Å². The first-order valence-corrected chi connectivity index (χ1v) is 10.2. The van der Waals surface area contributed by atoms with Crippen LogP contribution < -0.4 is 5.32 Å². The maximum absolute atomic E-state index is 13.3. The van der Waals surface area contributed by atoms with Crippen LogP contribution in [0.25, 0.3) is 11.0 Å². The number of hydrogen-bond acceptors (Lipinski definition) is 4. The van der Waals surface area contributed by atoms with E-state index in [0.29, 0.717) is 19.6 Å². The lowest BCUT2D eigenvalue weighted by atomic mass is 10.2. The van der Waals surface area contributed by atoms with Crippen molar-refractivity contribution in [3.63, 3.8) is 0 Å². The number of benzene rings is 2. The molecule has 1 aliphatic rings. The van der Waals surface area contributed by atoms with Crippen LogP contribution in [0.3, 0.4) is 0 Å². The van der Waals surface area contributed by atoms with Crippen LogP contribution in [0, 0.1) is 5.82 Å². The molecular formula is C23H27FN4O2. The molecule has 0 bridgehead atoms. The van der Waals surface area contributed by atoms with E-state index in [1.54, 1.807) is 17.0 Å². The van der Waals surface area contributed by atoms with Crippen LogP contribution >= 0.6 is 0 Å². The summed E-state index contributed by atoms with van der Waals surface area (Å²) < 4.78 is 20.9. The molecule has 0 radical (unpaired) electrons. The number of ether oxygens (including phenoxy) is 1. The number of halogens is 1. The molecule has 1 aromatic heterocycles. The van der Waals surface area contributed by atoms with E-state index in [0.717, 1.165) is 29.0 Å². The molecule has 0 saturated carbocycles. The lowest BCUT2D eigenvalue weighted by Gasteiger charge is -2.24. The second kappa shape index (κ2) is 7.97. The van der Waals surface area contributed by atoms with Gasteiger partial charge in [-0.05, 0) is 57.0 Å². The number of amides is 1. The van der Waals surface area contributed by atoms with Crippen molar-refractivity contribution in [2.24, 2.45) is 0 Å². The lowest BCUT2D eigenvalue weighted by Crippen LogP contribution is -2.36. The molecule has 1 fully saturated rings. The highest BCUT2D eigenvalue weighted by atomic mass is 19.1. The number of fused-ring (bicyclic) bond motifs is 1. The first-order chi connectivity index (χ1) is 14.3. The summed E-state index contributed by atoms with van der Waals surface area (Å²) in [6.45, 7) is 7.39. The smallest absolute Gasteiger partial charge is 0.410 e. The number of likely N-dealkylation sites (tertiary alicyclic amines) is 1. The zero-order valence-electron chi connectivity index (χ0n) is 17.6. The van der Waals surface area contributed by atoms with Crippen molar-refractivity contribution in [1.29, 1.82) is 0 Å². The van der Waals surface area contributed by atoms with Gasteiger partial charge in [-0.25, -0.2) is 14.2 Å². The molecule has 0 spiro atoms. The number of anilines is 1. The van der Waals surface area contributed by atoms with Gasteiger partial charge in [0.25, 0.3) is 0 Å². The molecule has 2 aromatic carbocycles. The summed E-state index contributed by atoms with van der Waals surface area (Å²) in [5, 5.41) is 3.51. The second-order valence-corrected chi connectivity index (χ2v) is 8.69. The zero-order chi connectivity index (χ0) is 21.3. The molecule has 6 nitrogen and oxygen atoms in total. The monoisotopic (exact) mass is 410 g/mol. The van der Waals surface area contributed by atoms with Gasteiger partial charge in [-0.15, -0.1) is 0 Å². The van der Waals surface area contributed by atoms with E-state index in [1.807, 2.05) is 45.0 Å². The minimum atomic E-state index is -0.508. The van der Waals surface area contributed by atoms with Gasteiger partial charge < -0.3 is 19.5 Å². The van der Waals surface area contributed by atoms with Crippen LogP contribution in [-0.4, -0.2) is 45.3 Å². The van der Waals surface area contributed by atoms with Crippen LogP contribution in [0.2, 0.25) is 0 Å². The Labute approximate surface area is 175 Å². The standard InChI is InChI=1S/C23H27FN4O2/c1-23(2,3)30-22(29)27-13-12-18(15-27)25-21-26-19-6-4-5-7-20(19)28(21)14-16-8-10-17(24)11-9-16/h4-11,18H,12-15H2,1-3H3,(H,25,26)/t18-/m1/s1. The largest absolute Gasteiger partial charge is 0.444 e. The van der Waals surface area contributed by atoms with E-state index >= 15 is 0 Å². The molecule has 30 heavy (non-hydrogen) atoms. The van der Waals surface area contributed by atoms with Crippen molar-refractivity contribution in [3.8, 4) is 0 Å². The Morgan fingerprint density at radius 1 is 1.20 bits per heavy atom. The number of nitrogens with zero attached hydrogens (tertiary/aromatic N) is 3. The molecule has 1 aliphatic heterocycles. The van der Waals surface area contributed by atoms with Crippen LogP contribution in [0.1, 0.15) is 32.8 Å². The van der Waals surface area contributed by atoms with Crippen LogP contribution in [-0.2, 0) is 11.3 Å². The molecule has 1 atom stereocenters. The first kappa shape index (κ1) is 20.2. The predicted octanol–water partition coefficient (Wildman–Crippen LogP) is 4.65. The van der Waals surface area contributed by atoms with Gasteiger partial charge in [-0.2, -0.15) is 0 Å². The van der Waals surface area contributed by atoms with Crippen LogP contribution in [0.15, 0.2) is 48.5 Å². The Bertz CT molecular complexity index is 1040. The van der Waals surface area contributed by atoms with E-state index in [1.165, 1.54) is 12.1 Å². The van der Waals surface area contributed by atoms with Gasteiger partial charge in [0.15, 0.2) is 0 Å². The van der Waals surface area contributed by atoms with Crippen molar-refractivity contribution in [2.75, 3.05) is 18.4 Å². The van der Waals surface area contributed by atoms with E-state index in [4.69, 9.17) is 9.72 Å². The lowest BCUT2D eigenvalue weighted by molar-refractivity contribution is 0.0293. The quantitative estimate of drug-likeness (QED) is 0.680. The Hall–Kier alpha value is -3.09. The van der Waals surface area contributed by atoms with E-state index < -0.39 is 5.60 Å². The normalized spacial score (nSPS) is 16.8. The maximum Gasteiger partial charge on any atom is 0.410 e. The van der Waals surface area contributed by atoms with Crippen molar-refractivity contribution < 1.29 is 13.9 Å². The maximum atomic E-state index is 13.3. The molecule has 1 amide bonds. The Morgan fingerprint density at radius 3 is 2.67 bits per heavy atom. The fraction of sp³-hybridized carbons (Fsp3) is 0.391. The van der Waals surface area contributed by atoms with Crippen LogP contribution in [0.5, 0.6) is 0 Å². The molecular weight excluding hydrogens is 383 g/mol. The fourth-order valence-corrected chi connectivity index (χ4v) is 3.67. The highest BCUT2D eigenvalue weighted by Gasteiger charge is 2.30. The number of hydrogen-bond donors (Lipinski definition) is 1. The Kier molecular flexibility index (Phi) is 5.37. The summed E-state index contributed by atoms with van der Waals surface area (Å²) in [5.74, 6) is 0.498. The number of carbonyl (C=O) groups excluding carboxylic acids is 1. The average molecular weight is 410 g/mol. The fourth-order valence-electron chi connectivity index (χ4n) is 3.67. The summed E-state index contributed by atoms with van der Waals surface area (Å²) in [5.41, 5.74) is 2.38. The summed E-state index contributed by atoms with van der Waals surface area (Å²) in [7, 11) is 0. The van der Waals surface area contributed by atoms with Crippen LogP contribution in [0.4, 0.5) is 15.1 Å². The Balaban J connectivity index is 1.53. The van der Waals surface area contributed by atoms with E-state index in [-0.39, 0.29) is 18.0 Å². The predicted molar refractivity (Wildman–Crippen MR) is 115 cm³/mol. The van der Waals surface area contributed by atoms with Gasteiger partial charge in [0.1, 0.15) is 11.4 Å². The number of para-hydroxylation sites is 2. The Morgan fingerprint density at radius 2 is 1.93 bits per heavy atom. The topological polar surface area (TPSA) is 59.4 Å². The molecule has 1 saturated heterocycles. The zero-order valence-corrected chi connectivity index (χ0v) is 17.6. The summed E-state index contributed by atoms with van der Waals surface area (Å²) in [6, 6.07) is 14.5. The summed E-state index contributed by atoms with van der Waals surface area (Å²) in [4.78, 5) is 18.9. The molecule has 4 rings (SSSR count). The summed E-state index contributed by atoms with van der Waals surface area (Å²) >= 11 is 0. The highest BCUT2D eigenvalue weighted by molar-refractivity contribution is 5.79. The number of imidazole rings is 1. The van der Waals surface area contributed by atoms with E-state index in [2.05, 4.69) is 9.88 Å². The van der Waals surface area contributed by atoms with Crippen molar-refractivity contribution in [2.45, 2.75) is 45.4 Å². The number of aromatic nitrogens is 2. The van der Waals surface area contributed by atoms with Crippen molar-refractivity contribution >= 4 is 23.1 Å². The number of carbonyl (C=O) groups is 1. The molecule has 0 unspecified atom stereocenters. The third kappa shape index (κ3) is 4.56. The molecule has 1 N–H and O–H groups in total. The van der Waals surface area contributed by atoms with Crippen molar-refractivity contribution in [1.82, 2.24) is 14.5 Å². The minimum absolute atomic E-state index is 0.0845. The second-order valence-electron chi connectivity index (χ2n) is 8.69. The summed E-state index contributed by atoms with van der Waals surface area (Å²) in [6.07, 6.45) is 0.533. The van der Waals surface area contributed by atoms with Gasteiger partial charge in [-0.3, -0.25) is 0 Å². The average Bonchev–Trinajstić information content (AvgIpc) is 3.28. The van der Waals surface area contributed by atoms with Gasteiger partial charge in [0, 0.05) is 19.1 Å². The molecule has 7 heteroatoms. The van der Waals surface area contributed by atoms with Gasteiger partial charge in [0.2, 0.25) is 5.95 Å². The molecule has 158 valence electrons. The minimum Gasteiger partial charge on any atom is -0.444 e. The van der Waals surface area contributed by atoms with E-state index in [9.17, 15) is 9.18 Å².